The molecule has 25 heavy (non-hydrogen) atoms. The van der Waals surface area contributed by atoms with Gasteiger partial charge in [-0.1, -0.05) is 54.1 Å². The van der Waals surface area contributed by atoms with Gasteiger partial charge < -0.3 is 5.73 Å². The average molecular weight is 358 g/mol. The van der Waals surface area contributed by atoms with E-state index in [2.05, 4.69) is 22.3 Å². The van der Waals surface area contributed by atoms with E-state index in [9.17, 15) is 4.79 Å². The molecule has 2 aromatic rings. The molecule has 0 saturated carbocycles. The molecule has 0 aliphatic carbocycles. The number of carbonyl (C=O) groups excluding carboxylic acids is 1. The van der Waals surface area contributed by atoms with Gasteiger partial charge in [0.05, 0.1) is 0 Å². The second kappa shape index (κ2) is 8.48. The normalized spacial score (nSPS) is 17.3. The van der Waals surface area contributed by atoms with Crippen LogP contribution in [0.15, 0.2) is 54.6 Å². The van der Waals surface area contributed by atoms with E-state index in [-0.39, 0.29) is 5.91 Å². The Morgan fingerprint density at radius 2 is 1.76 bits per heavy atom. The minimum atomic E-state index is -0.422. The van der Waals surface area contributed by atoms with E-state index in [1.807, 2.05) is 42.5 Å². The molecular formula is C20H24ClN3O. The number of hydrogen-bond donors (Lipinski definition) is 2. The summed E-state index contributed by atoms with van der Waals surface area (Å²) < 4.78 is 0. The number of amides is 1. The number of nitrogens with two attached hydrogens (primary N) is 1. The van der Waals surface area contributed by atoms with Crippen molar-refractivity contribution in [1.29, 1.82) is 0 Å². The quantitative estimate of drug-likeness (QED) is 0.835. The monoisotopic (exact) mass is 357 g/mol. The molecule has 0 bridgehead atoms. The molecule has 1 unspecified atom stereocenters. The van der Waals surface area contributed by atoms with Gasteiger partial charge in [0.1, 0.15) is 6.04 Å². The highest BCUT2D eigenvalue weighted by atomic mass is 35.5. The van der Waals surface area contributed by atoms with E-state index in [0.29, 0.717) is 6.04 Å². The standard InChI is InChI=1S/C20H24ClN3O/c21-17-8-6-15(7-9-17)14-24-12-10-18(11-13-24)23-19(20(22)25)16-4-2-1-3-5-16/h1-9,18-19,23H,10-14H2,(H2,22,25). The predicted octanol–water partition coefficient (Wildman–Crippen LogP) is 3.12. The lowest BCUT2D eigenvalue weighted by Gasteiger charge is -2.34. The molecule has 0 radical (unpaired) electrons. The summed E-state index contributed by atoms with van der Waals surface area (Å²) in [5.74, 6) is -0.324. The van der Waals surface area contributed by atoms with Crippen molar-refractivity contribution in [2.24, 2.45) is 5.73 Å². The van der Waals surface area contributed by atoms with Crippen molar-refractivity contribution in [2.75, 3.05) is 13.1 Å². The smallest absolute Gasteiger partial charge is 0.239 e. The van der Waals surface area contributed by atoms with Gasteiger partial charge in [-0.15, -0.1) is 0 Å². The molecule has 1 fully saturated rings. The summed E-state index contributed by atoms with van der Waals surface area (Å²) in [5, 5.41) is 4.21. The van der Waals surface area contributed by atoms with Gasteiger partial charge >= 0.3 is 0 Å². The minimum Gasteiger partial charge on any atom is -0.368 e. The topological polar surface area (TPSA) is 58.4 Å². The van der Waals surface area contributed by atoms with Crippen LogP contribution < -0.4 is 11.1 Å². The summed E-state index contributed by atoms with van der Waals surface area (Å²) in [6.07, 6.45) is 2.01. The van der Waals surface area contributed by atoms with Gasteiger partial charge in [-0.2, -0.15) is 0 Å². The van der Waals surface area contributed by atoms with Gasteiger partial charge in [0.2, 0.25) is 5.91 Å². The molecule has 132 valence electrons. The molecule has 3 N–H and O–H groups in total. The highest BCUT2D eigenvalue weighted by Crippen LogP contribution is 2.19. The second-order valence-electron chi connectivity index (χ2n) is 6.59. The fourth-order valence-corrected chi connectivity index (χ4v) is 3.46. The third kappa shape index (κ3) is 5.05. The van der Waals surface area contributed by atoms with E-state index < -0.39 is 6.04 Å². The number of benzene rings is 2. The Bertz CT molecular complexity index is 682. The number of carbonyl (C=O) groups is 1. The molecule has 1 aliphatic heterocycles. The van der Waals surface area contributed by atoms with Crippen LogP contribution in [0.4, 0.5) is 0 Å². The predicted molar refractivity (Wildman–Crippen MR) is 101 cm³/mol. The first kappa shape index (κ1) is 17.9. The van der Waals surface area contributed by atoms with Crippen LogP contribution in [-0.4, -0.2) is 29.9 Å². The summed E-state index contributed by atoms with van der Waals surface area (Å²) in [5.41, 5.74) is 7.81. The number of piperidine rings is 1. The number of nitrogens with zero attached hydrogens (tertiary/aromatic N) is 1. The lowest BCUT2D eigenvalue weighted by Crippen LogP contribution is -2.46. The fourth-order valence-electron chi connectivity index (χ4n) is 3.33. The van der Waals surface area contributed by atoms with Crippen molar-refractivity contribution in [1.82, 2.24) is 10.2 Å². The molecular weight excluding hydrogens is 334 g/mol. The summed E-state index contributed by atoms with van der Waals surface area (Å²) in [6.45, 7) is 2.93. The van der Waals surface area contributed by atoms with E-state index in [1.165, 1.54) is 5.56 Å². The Kier molecular flexibility index (Phi) is 6.08. The molecule has 5 heteroatoms. The van der Waals surface area contributed by atoms with Gasteiger partial charge in [-0.25, -0.2) is 0 Å². The van der Waals surface area contributed by atoms with Gasteiger partial charge in [0, 0.05) is 17.6 Å². The Morgan fingerprint density at radius 1 is 1.12 bits per heavy atom. The molecule has 1 atom stereocenters. The number of nitrogens with one attached hydrogen (secondary N) is 1. The van der Waals surface area contributed by atoms with Crippen LogP contribution in [0.5, 0.6) is 0 Å². The van der Waals surface area contributed by atoms with Crippen molar-refractivity contribution in [3.05, 3.63) is 70.7 Å². The lowest BCUT2D eigenvalue weighted by molar-refractivity contribution is -0.120. The number of halogens is 1. The maximum atomic E-state index is 11.8. The van der Waals surface area contributed by atoms with Crippen LogP contribution >= 0.6 is 11.6 Å². The molecule has 4 nitrogen and oxygen atoms in total. The summed E-state index contributed by atoms with van der Waals surface area (Å²) in [7, 11) is 0. The van der Waals surface area contributed by atoms with Crippen LogP contribution in [-0.2, 0) is 11.3 Å². The van der Waals surface area contributed by atoms with Crippen LogP contribution in [0.2, 0.25) is 5.02 Å². The molecule has 1 aliphatic rings. The summed E-state index contributed by atoms with van der Waals surface area (Å²) in [4.78, 5) is 14.3. The van der Waals surface area contributed by atoms with Gasteiger partial charge in [-0.05, 0) is 49.2 Å². The SMILES string of the molecule is NC(=O)C(NC1CCN(Cc2ccc(Cl)cc2)CC1)c1ccccc1. The van der Waals surface area contributed by atoms with E-state index in [0.717, 1.165) is 43.1 Å². The molecule has 0 spiro atoms. The maximum Gasteiger partial charge on any atom is 0.239 e. The maximum absolute atomic E-state index is 11.8. The first-order valence-corrected chi connectivity index (χ1v) is 9.07. The lowest BCUT2D eigenvalue weighted by atomic mass is 10.00. The number of rotatable bonds is 6. The summed E-state index contributed by atoms with van der Waals surface area (Å²) in [6, 6.07) is 17.6. The first-order chi connectivity index (χ1) is 12.1. The van der Waals surface area contributed by atoms with Crippen molar-refractivity contribution in [3.63, 3.8) is 0 Å². The minimum absolute atomic E-state index is 0.305. The van der Waals surface area contributed by atoms with Crippen LogP contribution in [0.1, 0.15) is 30.0 Å². The fraction of sp³-hybridized carbons (Fsp3) is 0.350. The zero-order valence-electron chi connectivity index (χ0n) is 14.2. The summed E-state index contributed by atoms with van der Waals surface area (Å²) >= 11 is 5.94. The third-order valence-corrected chi connectivity index (χ3v) is 4.98. The van der Waals surface area contributed by atoms with E-state index in [1.54, 1.807) is 0 Å². The van der Waals surface area contributed by atoms with E-state index >= 15 is 0 Å². The largest absolute Gasteiger partial charge is 0.368 e. The molecule has 1 heterocycles. The Labute approximate surface area is 154 Å². The van der Waals surface area contributed by atoms with Crippen LogP contribution in [0.3, 0.4) is 0 Å². The van der Waals surface area contributed by atoms with Gasteiger partial charge in [-0.3, -0.25) is 15.0 Å². The van der Waals surface area contributed by atoms with Crippen molar-refractivity contribution >= 4 is 17.5 Å². The van der Waals surface area contributed by atoms with Gasteiger partial charge in [0.15, 0.2) is 0 Å². The zero-order chi connectivity index (χ0) is 17.6. The molecule has 0 aromatic heterocycles. The van der Waals surface area contributed by atoms with E-state index in [4.69, 9.17) is 17.3 Å². The van der Waals surface area contributed by atoms with Crippen molar-refractivity contribution in [2.45, 2.75) is 31.5 Å². The highest BCUT2D eigenvalue weighted by molar-refractivity contribution is 6.30. The molecule has 3 rings (SSSR count). The Hall–Kier alpha value is -1.88. The number of primary amides is 1. The van der Waals surface area contributed by atoms with Gasteiger partial charge in [0.25, 0.3) is 0 Å². The first-order valence-electron chi connectivity index (χ1n) is 8.69. The second-order valence-corrected chi connectivity index (χ2v) is 7.03. The molecule has 2 aromatic carbocycles. The number of likely N-dealkylation sites (tertiary alicyclic amines) is 1. The highest BCUT2D eigenvalue weighted by Gasteiger charge is 2.25. The number of hydrogen-bond acceptors (Lipinski definition) is 3. The third-order valence-electron chi connectivity index (χ3n) is 4.73. The van der Waals surface area contributed by atoms with Crippen LogP contribution in [0, 0.1) is 0 Å². The van der Waals surface area contributed by atoms with Crippen molar-refractivity contribution < 1.29 is 4.79 Å². The zero-order valence-corrected chi connectivity index (χ0v) is 15.0. The average Bonchev–Trinajstić information content (AvgIpc) is 2.63. The molecule has 1 saturated heterocycles. The Balaban J connectivity index is 1.53. The Morgan fingerprint density at radius 3 is 2.36 bits per heavy atom. The van der Waals surface area contributed by atoms with Crippen LogP contribution in [0.25, 0.3) is 0 Å². The molecule has 1 amide bonds. The van der Waals surface area contributed by atoms with Crippen molar-refractivity contribution in [3.8, 4) is 0 Å².